The molecular formula is C20H22N2O2. The minimum atomic E-state index is -0.504. The Morgan fingerprint density at radius 3 is 2.00 bits per heavy atom. The molecule has 0 aromatic heterocycles. The Balaban J connectivity index is 1.75. The number of nitrogens with zero attached hydrogens (tertiary/aromatic N) is 1. The summed E-state index contributed by atoms with van der Waals surface area (Å²) in [4.78, 5) is 26.2. The van der Waals surface area contributed by atoms with Crippen LogP contribution in [0.5, 0.6) is 0 Å². The molecule has 4 nitrogen and oxygen atoms in total. The lowest BCUT2D eigenvalue weighted by Crippen LogP contribution is -2.34. The Morgan fingerprint density at radius 1 is 0.917 bits per heavy atom. The van der Waals surface area contributed by atoms with Crippen molar-refractivity contribution in [1.82, 2.24) is 0 Å². The van der Waals surface area contributed by atoms with Crippen molar-refractivity contribution in [3.8, 4) is 0 Å². The molecule has 124 valence electrons. The maximum absolute atomic E-state index is 12.6. The van der Waals surface area contributed by atoms with Crippen LogP contribution in [0.25, 0.3) is 0 Å². The van der Waals surface area contributed by atoms with Gasteiger partial charge >= 0.3 is 0 Å². The van der Waals surface area contributed by atoms with E-state index in [9.17, 15) is 9.59 Å². The van der Waals surface area contributed by atoms with Crippen molar-refractivity contribution in [2.24, 2.45) is 0 Å². The third-order valence-corrected chi connectivity index (χ3v) is 4.45. The summed E-state index contributed by atoms with van der Waals surface area (Å²) in [6.07, 6.45) is 2.09. The molecule has 1 N–H and O–H groups in total. The van der Waals surface area contributed by atoms with Gasteiger partial charge in [-0.25, -0.2) is 4.90 Å². The number of amides is 2. The summed E-state index contributed by atoms with van der Waals surface area (Å²) < 4.78 is 0. The highest BCUT2D eigenvalue weighted by molar-refractivity contribution is 6.23. The van der Waals surface area contributed by atoms with E-state index in [2.05, 4.69) is 19.2 Å². The smallest absolute Gasteiger partial charge is 0.256 e. The number of carbonyl (C=O) groups excluding carboxylic acids is 2. The molecule has 0 radical (unpaired) electrons. The van der Waals surface area contributed by atoms with Crippen molar-refractivity contribution in [3.05, 3.63) is 59.7 Å². The van der Waals surface area contributed by atoms with E-state index in [1.807, 2.05) is 48.5 Å². The number of benzene rings is 2. The monoisotopic (exact) mass is 322 g/mol. The number of aryl methyl sites for hydroxylation is 2. The molecule has 1 fully saturated rings. The summed E-state index contributed by atoms with van der Waals surface area (Å²) in [6.45, 7) is 4.17. The summed E-state index contributed by atoms with van der Waals surface area (Å²) in [5.41, 5.74) is 3.94. The van der Waals surface area contributed by atoms with Crippen molar-refractivity contribution in [2.45, 2.75) is 39.2 Å². The Hall–Kier alpha value is -2.62. The highest BCUT2D eigenvalue weighted by Gasteiger charge is 2.39. The Morgan fingerprint density at radius 2 is 1.46 bits per heavy atom. The summed E-state index contributed by atoms with van der Waals surface area (Å²) in [6, 6.07) is 15.1. The van der Waals surface area contributed by atoms with E-state index in [4.69, 9.17) is 0 Å². The number of anilines is 2. The van der Waals surface area contributed by atoms with Gasteiger partial charge in [0, 0.05) is 5.69 Å². The van der Waals surface area contributed by atoms with E-state index >= 15 is 0 Å². The van der Waals surface area contributed by atoms with E-state index in [0.717, 1.165) is 18.5 Å². The Kier molecular flexibility index (Phi) is 4.65. The van der Waals surface area contributed by atoms with Crippen molar-refractivity contribution >= 4 is 23.2 Å². The van der Waals surface area contributed by atoms with Gasteiger partial charge < -0.3 is 5.32 Å². The topological polar surface area (TPSA) is 49.4 Å². The first-order valence-corrected chi connectivity index (χ1v) is 8.43. The predicted molar refractivity (Wildman–Crippen MR) is 96.2 cm³/mol. The van der Waals surface area contributed by atoms with Gasteiger partial charge in [-0.15, -0.1) is 0 Å². The first kappa shape index (κ1) is 16.2. The SMILES string of the molecule is CCc1ccc(N[C@H]2CC(=O)N(c3ccc(CC)cc3)C2=O)cc1. The minimum absolute atomic E-state index is 0.160. The lowest BCUT2D eigenvalue weighted by atomic mass is 10.1. The van der Waals surface area contributed by atoms with E-state index in [-0.39, 0.29) is 18.2 Å². The second kappa shape index (κ2) is 6.87. The molecule has 1 saturated heterocycles. The third kappa shape index (κ3) is 3.18. The van der Waals surface area contributed by atoms with E-state index in [1.54, 1.807) is 0 Å². The predicted octanol–water partition coefficient (Wildman–Crippen LogP) is 3.56. The first-order valence-electron chi connectivity index (χ1n) is 8.43. The van der Waals surface area contributed by atoms with Gasteiger partial charge in [0.2, 0.25) is 5.91 Å². The summed E-state index contributed by atoms with van der Waals surface area (Å²) in [5.74, 6) is -0.351. The van der Waals surface area contributed by atoms with Crippen LogP contribution in [-0.2, 0) is 22.4 Å². The second-order valence-corrected chi connectivity index (χ2v) is 6.04. The third-order valence-electron chi connectivity index (χ3n) is 4.45. The van der Waals surface area contributed by atoms with Gasteiger partial charge in [0.15, 0.2) is 0 Å². The lowest BCUT2D eigenvalue weighted by Gasteiger charge is -2.16. The Bertz CT molecular complexity index is 735. The molecule has 3 rings (SSSR count). The first-order chi connectivity index (χ1) is 11.6. The Labute approximate surface area is 142 Å². The average Bonchev–Trinajstić information content (AvgIpc) is 2.89. The van der Waals surface area contributed by atoms with Crippen LogP contribution in [0.3, 0.4) is 0 Å². The van der Waals surface area contributed by atoms with E-state index < -0.39 is 6.04 Å². The average molecular weight is 322 g/mol. The zero-order chi connectivity index (χ0) is 17.1. The summed E-state index contributed by atoms with van der Waals surface area (Å²) in [7, 11) is 0. The normalized spacial score (nSPS) is 17.4. The molecule has 1 aliphatic heterocycles. The fourth-order valence-corrected chi connectivity index (χ4v) is 2.93. The fraction of sp³-hybridized carbons (Fsp3) is 0.300. The van der Waals surface area contributed by atoms with Crippen LogP contribution < -0.4 is 10.2 Å². The number of rotatable bonds is 5. The molecule has 1 aliphatic rings. The summed E-state index contributed by atoms with van der Waals surface area (Å²) >= 11 is 0. The van der Waals surface area contributed by atoms with Crippen LogP contribution in [0.2, 0.25) is 0 Å². The van der Waals surface area contributed by atoms with Gasteiger partial charge in [0.25, 0.3) is 5.91 Å². The fourth-order valence-electron chi connectivity index (χ4n) is 2.93. The molecule has 2 amide bonds. The molecule has 0 bridgehead atoms. The van der Waals surface area contributed by atoms with E-state index in [0.29, 0.717) is 5.69 Å². The molecule has 0 unspecified atom stereocenters. The zero-order valence-electron chi connectivity index (χ0n) is 14.1. The maximum Gasteiger partial charge on any atom is 0.256 e. The van der Waals surface area contributed by atoms with Crippen molar-refractivity contribution in [2.75, 3.05) is 10.2 Å². The number of carbonyl (C=O) groups is 2. The maximum atomic E-state index is 12.6. The second-order valence-electron chi connectivity index (χ2n) is 6.04. The van der Waals surface area contributed by atoms with Gasteiger partial charge in [0.05, 0.1) is 12.1 Å². The van der Waals surface area contributed by atoms with Crippen molar-refractivity contribution in [3.63, 3.8) is 0 Å². The van der Waals surface area contributed by atoms with Crippen LogP contribution in [0, 0.1) is 0 Å². The van der Waals surface area contributed by atoms with Crippen LogP contribution in [0.4, 0.5) is 11.4 Å². The van der Waals surface area contributed by atoms with Crippen LogP contribution in [0.1, 0.15) is 31.4 Å². The van der Waals surface area contributed by atoms with Crippen molar-refractivity contribution in [1.29, 1.82) is 0 Å². The highest BCUT2D eigenvalue weighted by atomic mass is 16.2. The molecule has 2 aromatic carbocycles. The van der Waals surface area contributed by atoms with Gasteiger partial charge in [-0.05, 0) is 48.2 Å². The number of imide groups is 1. The van der Waals surface area contributed by atoms with Gasteiger partial charge in [0.1, 0.15) is 6.04 Å². The van der Waals surface area contributed by atoms with Gasteiger partial charge in [-0.1, -0.05) is 38.1 Å². The quantitative estimate of drug-likeness (QED) is 0.856. The molecule has 0 aliphatic carbocycles. The van der Waals surface area contributed by atoms with Crippen LogP contribution >= 0.6 is 0 Å². The lowest BCUT2D eigenvalue weighted by molar-refractivity contribution is -0.121. The molecule has 4 heteroatoms. The molecule has 24 heavy (non-hydrogen) atoms. The number of hydrogen-bond acceptors (Lipinski definition) is 3. The van der Waals surface area contributed by atoms with Gasteiger partial charge in [-0.3, -0.25) is 9.59 Å². The largest absolute Gasteiger partial charge is 0.373 e. The molecule has 1 heterocycles. The van der Waals surface area contributed by atoms with Crippen molar-refractivity contribution < 1.29 is 9.59 Å². The summed E-state index contributed by atoms with van der Waals surface area (Å²) in [5, 5.41) is 3.18. The number of hydrogen-bond donors (Lipinski definition) is 1. The van der Waals surface area contributed by atoms with Gasteiger partial charge in [-0.2, -0.15) is 0 Å². The standard InChI is InChI=1S/C20H22N2O2/c1-3-14-5-9-16(10-6-14)21-18-13-19(23)22(20(18)24)17-11-7-15(4-2)8-12-17/h5-12,18,21H,3-4,13H2,1-2H3/t18-/m0/s1. The molecule has 1 atom stereocenters. The van der Waals surface area contributed by atoms with E-state index in [1.165, 1.54) is 16.0 Å². The molecule has 0 spiro atoms. The minimum Gasteiger partial charge on any atom is -0.373 e. The van der Waals surface area contributed by atoms with Crippen LogP contribution in [0.15, 0.2) is 48.5 Å². The van der Waals surface area contributed by atoms with Crippen LogP contribution in [-0.4, -0.2) is 17.9 Å². The molecule has 2 aromatic rings. The highest BCUT2D eigenvalue weighted by Crippen LogP contribution is 2.25. The number of nitrogens with one attached hydrogen (secondary N) is 1. The molecular weight excluding hydrogens is 300 g/mol. The molecule has 0 saturated carbocycles. The zero-order valence-corrected chi connectivity index (χ0v) is 14.1.